The van der Waals surface area contributed by atoms with Crippen molar-refractivity contribution in [1.82, 2.24) is 14.8 Å². The van der Waals surface area contributed by atoms with E-state index >= 15 is 0 Å². The molecule has 3 nitrogen and oxygen atoms in total. The molecule has 1 aliphatic carbocycles. The molecule has 16 heavy (non-hydrogen) atoms. The Hall–Kier alpha value is -0.0300. The first-order valence-corrected chi connectivity index (χ1v) is 7.82. The van der Waals surface area contributed by atoms with E-state index in [9.17, 15) is 0 Å². The molecule has 0 bridgehead atoms. The summed E-state index contributed by atoms with van der Waals surface area (Å²) in [5.41, 5.74) is 0.491. The Kier molecular flexibility index (Phi) is 3.95. The minimum absolute atomic E-state index is 0.491. The first-order chi connectivity index (χ1) is 7.67. The van der Waals surface area contributed by atoms with Crippen LogP contribution in [0.25, 0.3) is 0 Å². The van der Waals surface area contributed by atoms with Crippen molar-refractivity contribution in [1.29, 1.82) is 0 Å². The van der Waals surface area contributed by atoms with Crippen molar-refractivity contribution in [2.24, 2.45) is 12.5 Å². The first-order valence-electron chi connectivity index (χ1n) is 5.72. The van der Waals surface area contributed by atoms with Crippen molar-refractivity contribution < 1.29 is 0 Å². The fraction of sp³-hybridized carbons (Fsp3) is 0.818. The molecule has 0 aliphatic heterocycles. The quantitative estimate of drug-likeness (QED) is 0.632. The van der Waals surface area contributed by atoms with Crippen molar-refractivity contribution in [3.63, 3.8) is 0 Å². The minimum atomic E-state index is 0.491. The molecule has 0 amide bonds. The molecular weight excluding hydrogens is 286 g/mol. The third-order valence-electron chi connectivity index (χ3n) is 3.51. The van der Waals surface area contributed by atoms with Crippen LogP contribution < -0.4 is 0 Å². The molecule has 1 aromatic heterocycles. The zero-order valence-corrected chi connectivity index (χ0v) is 12.3. The van der Waals surface area contributed by atoms with Crippen LogP contribution in [0.15, 0.2) is 5.16 Å². The Labute approximate surface area is 110 Å². The third-order valence-corrected chi connectivity index (χ3v) is 6.07. The van der Waals surface area contributed by atoms with Crippen LogP contribution >= 0.6 is 27.7 Å². The van der Waals surface area contributed by atoms with E-state index in [1.807, 2.05) is 25.7 Å². The van der Waals surface area contributed by atoms with Gasteiger partial charge in [-0.15, -0.1) is 10.2 Å². The van der Waals surface area contributed by atoms with Crippen LogP contribution in [0.5, 0.6) is 0 Å². The van der Waals surface area contributed by atoms with Crippen molar-refractivity contribution in [2.45, 2.75) is 37.8 Å². The van der Waals surface area contributed by atoms with Gasteiger partial charge in [0.25, 0.3) is 0 Å². The Morgan fingerprint density at radius 1 is 1.38 bits per heavy atom. The number of alkyl halides is 1. The lowest BCUT2D eigenvalue weighted by atomic mass is 9.92. The molecule has 0 atom stereocenters. The summed E-state index contributed by atoms with van der Waals surface area (Å²) in [6.07, 6.45) is 5.46. The van der Waals surface area contributed by atoms with Gasteiger partial charge < -0.3 is 4.57 Å². The number of aryl methyl sites for hydroxylation is 1. The lowest BCUT2D eigenvalue weighted by molar-refractivity contribution is 0.405. The standard InChI is InChI=1S/C11H18BrN3S/c1-9-13-14-10(15(9)2)16-8-11(7-12)5-3-4-6-11/h3-8H2,1-2H3. The molecule has 0 N–H and O–H groups in total. The summed E-state index contributed by atoms with van der Waals surface area (Å²) in [6, 6.07) is 0. The maximum Gasteiger partial charge on any atom is 0.190 e. The number of nitrogens with zero attached hydrogens (tertiary/aromatic N) is 3. The normalized spacial score (nSPS) is 19.2. The highest BCUT2D eigenvalue weighted by molar-refractivity contribution is 9.09. The molecule has 5 heteroatoms. The Balaban J connectivity index is 1.98. The first kappa shape index (κ1) is 12.4. The maximum absolute atomic E-state index is 4.20. The summed E-state index contributed by atoms with van der Waals surface area (Å²) in [5.74, 6) is 2.14. The summed E-state index contributed by atoms with van der Waals surface area (Å²) in [4.78, 5) is 0. The summed E-state index contributed by atoms with van der Waals surface area (Å²) in [6.45, 7) is 1.99. The number of hydrogen-bond donors (Lipinski definition) is 0. The van der Waals surface area contributed by atoms with Gasteiger partial charge in [-0.1, -0.05) is 40.5 Å². The van der Waals surface area contributed by atoms with Gasteiger partial charge in [-0.05, 0) is 25.2 Å². The molecule has 2 rings (SSSR count). The van der Waals surface area contributed by atoms with E-state index in [-0.39, 0.29) is 0 Å². The zero-order valence-electron chi connectivity index (χ0n) is 9.87. The summed E-state index contributed by atoms with van der Waals surface area (Å²) < 4.78 is 2.07. The molecule has 0 saturated heterocycles. The van der Waals surface area contributed by atoms with Crippen LogP contribution in [0.4, 0.5) is 0 Å². The van der Waals surface area contributed by atoms with E-state index in [0.29, 0.717) is 5.41 Å². The van der Waals surface area contributed by atoms with Crippen molar-refractivity contribution in [2.75, 3.05) is 11.1 Å². The van der Waals surface area contributed by atoms with Crippen molar-refractivity contribution >= 4 is 27.7 Å². The van der Waals surface area contributed by atoms with Gasteiger partial charge in [-0.3, -0.25) is 0 Å². The second-order valence-corrected chi connectivity index (χ2v) is 6.22. The Bertz CT molecular complexity index is 358. The Morgan fingerprint density at radius 2 is 2.06 bits per heavy atom. The van der Waals surface area contributed by atoms with E-state index < -0.39 is 0 Å². The van der Waals surface area contributed by atoms with Crippen LogP contribution in [0.1, 0.15) is 31.5 Å². The number of thioether (sulfide) groups is 1. The molecule has 0 unspecified atom stereocenters. The van der Waals surface area contributed by atoms with Crippen LogP contribution in [0.3, 0.4) is 0 Å². The number of hydrogen-bond acceptors (Lipinski definition) is 3. The van der Waals surface area contributed by atoms with Gasteiger partial charge in [-0.2, -0.15) is 0 Å². The highest BCUT2D eigenvalue weighted by Gasteiger charge is 2.33. The number of aromatic nitrogens is 3. The van der Waals surface area contributed by atoms with Crippen molar-refractivity contribution in [3.05, 3.63) is 5.82 Å². The fourth-order valence-electron chi connectivity index (χ4n) is 2.17. The largest absolute Gasteiger partial charge is 0.309 e. The smallest absolute Gasteiger partial charge is 0.190 e. The van der Waals surface area contributed by atoms with Crippen LogP contribution in [-0.2, 0) is 7.05 Å². The highest BCUT2D eigenvalue weighted by atomic mass is 79.9. The second kappa shape index (κ2) is 5.08. The molecule has 1 heterocycles. The van der Waals surface area contributed by atoms with Gasteiger partial charge >= 0.3 is 0 Å². The van der Waals surface area contributed by atoms with Gasteiger partial charge in [0.2, 0.25) is 0 Å². The van der Waals surface area contributed by atoms with Crippen LogP contribution in [0.2, 0.25) is 0 Å². The van der Waals surface area contributed by atoms with E-state index in [2.05, 4.69) is 30.7 Å². The van der Waals surface area contributed by atoms with Crippen molar-refractivity contribution in [3.8, 4) is 0 Å². The number of halogens is 1. The van der Waals surface area contributed by atoms with E-state index in [0.717, 1.165) is 22.1 Å². The average Bonchev–Trinajstić information content (AvgIpc) is 2.87. The minimum Gasteiger partial charge on any atom is -0.309 e. The number of rotatable bonds is 4. The van der Waals surface area contributed by atoms with Crippen LogP contribution in [0, 0.1) is 12.3 Å². The van der Waals surface area contributed by atoms with Crippen LogP contribution in [-0.4, -0.2) is 25.8 Å². The van der Waals surface area contributed by atoms with Gasteiger partial charge in [-0.25, -0.2) is 0 Å². The molecule has 0 spiro atoms. The Morgan fingerprint density at radius 3 is 2.56 bits per heavy atom. The third kappa shape index (κ3) is 2.45. The molecule has 1 fully saturated rings. The van der Waals surface area contributed by atoms with E-state index in [1.54, 1.807) is 0 Å². The summed E-state index contributed by atoms with van der Waals surface area (Å²) in [7, 11) is 2.03. The SMILES string of the molecule is Cc1nnc(SCC2(CBr)CCCC2)n1C. The van der Waals surface area contributed by atoms with Gasteiger partial charge in [0.1, 0.15) is 5.82 Å². The summed E-state index contributed by atoms with van der Waals surface area (Å²) in [5, 5.41) is 10.5. The molecule has 1 aromatic rings. The predicted molar refractivity (Wildman–Crippen MR) is 71.2 cm³/mol. The summed E-state index contributed by atoms with van der Waals surface area (Å²) >= 11 is 5.52. The lowest BCUT2D eigenvalue weighted by Crippen LogP contribution is -2.21. The molecule has 1 aliphatic rings. The molecule has 0 aromatic carbocycles. The molecule has 0 radical (unpaired) electrons. The van der Waals surface area contributed by atoms with Gasteiger partial charge in [0.05, 0.1) is 0 Å². The monoisotopic (exact) mass is 303 g/mol. The predicted octanol–water partition coefficient (Wildman–Crippen LogP) is 3.17. The van der Waals surface area contributed by atoms with E-state index in [4.69, 9.17) is 0 Å². The van der Waals surface area contributed by atoms with Gasteiger partial charge in [0.15, 0.2) is 5.16 Å². The fourth-order valence-corrected chi connectivity index (χ4v) is 4.44. The lowest BCUT2D eigenvalue weighted by Gasteiger charge is -2.25. The van der Waals surface area contributed by atoms with E-state index in [1.165, 1.54) is 25.7 Å². The molecule has 1 saturated carbocycles. The molecular formula is C11H18BrN3S. The maximum atomic E-state index is 4.20. The second-order valence-electron chi connectivity index (χ2n) is 4.72. The highest BCUT2D eigenvalue weighted by Crippen LogP contribution is 2.43. The topological polar surface area (TPSA) is 30.7 Å². The van der Waals surface area contributed by atoms with Gasteiger partial charge in [0, 0.05) is 18.1 Å². The zero-order chi connectivity index (χ0) is 11.6. The molecule has 90 valence electrons. The average molecular weight is 304 g/mol.